The zero-order valence-electron chi connectivity index (χ0n) is 17.5. The molecule has 9 nitrogen and oxygen atoms in total. The van der Waals surface area contributed by atoms with Gasteiger partial charge in [0.15, 0.2) is 6.61 Å². The monoisotopic (exact) mass is 480 g/mol. The van der Waals surface area contributed by atoms with Gasteiger partial charge in [0.25, 0.3) is 11.1 Å². The summed E-state index contributed by atoms with van der Waals surface area (Å²) in [5, 5.41) is 10.00. The highest BCUT2D eigenvalue weighted by Gasteiger charge is 2.21. The Balaban J connectivity index is 1.56. The first-order chi connectivity index (χ1) is 15.1. The third-order valence-corrected chi connectivity index (χ3v) is 6.90. The van der Waals surface area contributed by atoms with Crippen molar-refractivity contribution in [3.63, 3.8) is 0 Å². The molecule has 12 heteroatoms. The smallest absolute Gasteiger partial charge is 0.277 e. The van der Waals surface area contributed by atoms with Crippen LogP contribution in [-0.4, -0.2) is 48.2 Å². The van der Waals surface area contributed by atoms with Gasteiger partial charge >= 0.3 is 0 Å². The minimum absolute atomic E-state index is 0.00703. The van der Waals surface area contributed by atoms with Gasteiger partial charge in [0, 0.05) is 19.8 Å². The molecule has 0 fully saturated rings. The molecule has 1 atom stereocenters. The second-order valence-electron chi connectivity index (χ2n) is 6.77. The topological polar surface area (TPSA) is 115 Å². The summed E-state index contributed by atoms with van der Waals surface area (Å²) in [6, 6.07) is 11.5. The van der Waals surface area contributed by atoms with Crippen LogP contribution in [0.2, 0.25) is 0 Å². The molecule has 0 aliphatic heterocycles. The molecule has 3 aromatic rings. The molecule has 1 heterocycles. The predicted octanol–water partition coefficient (Wildman–Crippen LogP) is 3.16. The van der Waals surface area contributed by atoms with E-state index in [4.69, 9.17) is 9.15 Å². The number of hydrogen-bond donors (Lipinski definition) is 1. The van der Waals surface area contributed by atoms with E-state index in [1.165, 1.54) is 50.5 Å². The number of carbonyl (C=O) groups excluding carboxylic acids is 1. The molecule has 1 aromatic heterocycles. The van der Waals surface area contributed by atoms with E-state index in [2.05, 4.69) is 15.5 Å². The number of aromatic nitrogens is 2. The van der Waals surface area contributed by atoms with Crippen LogP contribution in [0, 0.1) is 5.82 Å². The van der Waals surface area contributed by atoms with Crippen LogP contribution in [0.25, 0.3) is 0 Å². The molecule has 1 unspecified atom stereocenters. The average molecular weight is 481 g/mol. The summed E-state index contributed by atoms with van der Waals surface area (Å²) in [5.41, 5.74) is 0.351. The lowest BCUT2D eigenvalue weighted by Gasteiger charge is -2.14. The molecule has 170 valence electrons. The van der Waals surface area contributed by atoms with E-state index in [0.29, 0.717) is 11.4 Å². The Morgan fingerprint density at radius 3 is 2.62 bits per heavy atom. The van der Waals surface area contributed by atoms with E-state index in [-0.39, 0.29) is 34.3 Å². The minimum atomic E-state index is -3.62. The van der Waals surface area contributed by atoms with E-state index in [1.54, 1.807) is 19.1 Å². The van der Waals surface area contributed by atoms with Gasteiger partial charge in [-0.2, -0.15) is 0 Å². The SMILES string of the molecule is CC(Sc1nnc(COc2ccc(F)cc2)o1)C(=O)Nc1cccc(S(=O)(=O)N(C)C)c1. The molecule has 0 saturated heterocycles. The van der Waals surface area contributed by atoms with Gasteiger partial charge in [-0.05, 0) is 49.4 Å². The average Bonchev–Trinajstić information content (AvgIpc) is 3.20. The molecule has 2 aromatic carbocycles. The number of nitrogens with one attached hydrogen (secondary N) is 1. The summed E-state index contributed by atoms with van der Waals surface area (Å²) >= 11 is 1.05. The van der Waals surface area contributed by atoms with Gasteiger partial charge in [-0.15, -0.1) is 10.2 Å². The highest BCUT2D eigenvalue weighted by Crippen LogP contribution is 2.24. The number of sulfonamides is 1. The quantitative estimate of drug-likeness (QED) is 0.465. The number of nitrogens with zero attached hydrogens (tertiary/aromatic N) is 3. The maximum atomic E-state index is 12.9. The van der Waals surface area contributed by atoms with Crippen molar-refractivity contribution in [3.8, 4) is 5.75 Å². The molecule has 0 spiro atoms. The summed E-state index contributed by atoms with van der Waals surface area (Å²) in [6.07, 6.45) is 0. The molecule has 0 saturated carbocycles. The van der Waals surface area contributed by atoms with Gasteiger partial charge < -0.3 is 14.5 Å². The van der Waals surface area contributed by atoms with Crippen molar-refractivity contribution in [2.45, 2.75) is 28.9 Å². The molecular weight excluding hydrogens is 459 g/mol. The van der Waals surface area contributed by atoms with Gasteiger partial charge in [-0.25, -0.2) is 17.1 Å². The van der Waals surface area contributed by atoms with Crippen molar-refractivity contribution in [1.29, 1.82) is 0 Å². The lowest BCUT2D eigenvalue weighted by atomic mass is 10.3. The van der Waals surface area contributed by atoms with Crippen LogP contribution in [0.15, 0.2) is 63.1 Å². The maximum absolute atomic E-state index is 12.9. The number of ether oxygens (including phenoxy) is 1. The number of rotatable bonds is 9. The van der Waals surface area contributed by atoms with Crippen molar-refractivity contribution in [2.75, 3.05) is 19.4 Å². The third-order valence-electron chi connectivity index (χ3n) is 4.15. The molecule has 1 amide bonds. The highest BCUT2D eigenvalue weighted by molar-refractivity contribution is 8.00. The van der Waals surface area contributed by atoms with Crippen LogP contribution in [0.4, 0.5) is 10.1 Å². The molecule has 0 radical (unpaired) electrons. The van der Waals surface area contributed by atoms with Crippen LogP contribution < -0.4 is 10.1 Å². The summed E-state index contributed by atoms with van der Waals surface area (Å²) in [4.78, 5) is 12.6. The normalized spacial score (nSPS) is 12.5. The number of benzene rings is 2. The van der Waals surface area contributed by atoms with Crippen molar-refractivity contribution < 1.29 is 26.8 Å². The number of amides is 1. The Labute approximate surface area is 189 Å². The molecule has 3 rings (SSSR count). The van der Waals surface area contributed by atoms with Crippen LogP contribution in [0.5, 0.6) is 5.75 Å². The predicted molar refractivity (Wildman–Crippen MR) is 116 cm³/mol. The summed E-state index contributed by atoms with van der Waals surface area (Å²) in [5.74, 6) is -0.0834. The molecular formula is C20H21FN4O5S2. The van der Waals surface area contributed by atoms with Gasteiger partial charge in [0.05, 0.1) is 10.1 Å². The van der Waals surface area contributed by atoms with E-state index in [1.807, 2.05) is 0 Å². The van der Waals surface area contributed by atoms with E-state index >= 15 is 0 Å². The summed E-state index contributed by atoms with van der Waals surface area (Å²) < 4.78 is 49.4. The maximum Gasteiger partial charge on any atom is 0.277 e. The van der Waals surface area contributed by atoms with Gasteiger partial charge in [0.2, 0.25) is 15.9 Å². The fourth-order valence-corrected chi connectivity index (χ4v) is 4.06. The first-order valence-corrected chi connectivity index (χ1v) is 11.7. The van der Waals surface area contributed by atoms with E-state index in [9.17, 15) is 17.6 Å². The lowest BCUT2D eigenvalue weighted by molar-refractivity contribution is -0.115. The standard InChI is InChI=1S/C20H21FN4O5S2/c1-13(19(26)22-15-5-4-6-17(11-15)32(27,28)25(2)3)31-20-24-23-18(30-20)12-29-16-9-7-14(21)8-10-16/h4-11,13H,12H2,1-3H3,(H,22,26). The zero-order valence-corrected chi connectivity index (χ0v) is 19.1. The Hall–Kier alpha value is -2.96. The fraction of sp³-hybridized carbons (Fsp3) is 0.250. The molecule has 0 aliphatic carbocycles. The second-order valence-corrected chi connectivity index (χ2v) is 10.2. The Morgan fingerprint density at radius 2 is 1.94 bits per heavy atom. The van der Waals surface area contributed by atoms with Gasteiger partial charge in [-0.3, -0.25) is 4.79 Å². The Kier molecular flexibility index (Phi) is 7.48. The summed E-state index contributed by atoms with van der Waals surface area (Å²) in [7, 11) is -0.749. The van der Waals surface area contributed by atoms with Crippen LogP contribution in [0.1, 0.15) is 12.8 Å². The van der Waals surface area contributed by atoms with Crippen LogP contribution >= 0.6 is 11.8 Å². The number of anilines is 1. The zero-order chi connectivity index (χ0) is 23.3. The minimum Gasteiger partial charge on any atom is -0.484 e. The molecule has 0 bridgehead atoms. The van der Waals surface area contributed by atoms with E-state index < -0.39 is 15.3 Å². The first kappa shape index (κ1) is 23.7. The van der Waals surface area contributed by atoms with Crippen molar-refractivity contribution >= 4 is 33.4 Å². The molecule has 32 heavy (non-hydrogen) atoms. The van der Waals surface area contributed by atoms with Gasteiger partial charge in [0.1, 0.15) is 11.6 Å². The van der Waals surface area contributed by atoms with Crippen molar-refractivity contribution in [2.24, 2.45) is 0 Å². The second kappa shape index (κ2) is 10.1. The van der Waals surface area contributed by atoms with Gasteiger partial charge in [-0.1, -0.05) is 17.8 Å². The fourth-order valence-electron chi connectivity index (χ4n) is 2.41. The van der Waals surface area contributed by atoms with Crippen molar-refractivity contribution in [3.05, 3.63) is 60.2 Å². The Morgan fingerprint density at radius 1 is 1.22 bits per heavy atom. The Bertz CT molecular complexity index is 1180. The van der Waals surface area contributed by atoms with Crippen molar-refractivity contribution in [1.82, 2.24) is 14.5 Å². The van der Waals surface area contributed by atoms with E-state index in [0.717, 1.165) is 16.1 Å². The van der Waals surface area contributed by atoms with Crippen LogP contribution in [0.3, 0.4) is 0 Å². The largest absolute Gasteiger partial charge is 0.484 e. The number of thioether (sulfide) groups is 1. The third kappa shape index (κ3) is 6.05. The molecule has 1 N–H and O–H groups in total. The lowest BCUT2D eigenvalue weighted by Crippen LogP contribution is -2.24. The summed E-state index contributed by atoms with van der Waals surface area (Å²) in [6.45, 7) is 1.65. The molecule has 0 aliphatic rings. The highest BCUT2D eigenvalue weighted by atomic mass is 32.2. The number of carbonyl (C=O) groups is 1. The number of halogens is 1. The first-order valence-electron chi connectivity index (χ1n) is 9.36. The van der Waals surface area contributed by atoms with Crippen LogP contribution in [-0.2, 0) is 21.4 Å². The number of hydrogen-bond acceptors (Lipinski definition) is 8.